The van der Waals surface area contributed by atoms with Crippen molar-refractivity contribution in [2.45, 2.75) is 31.6 Å². The zero-order chi connectivity index (χ0) is 16.2. The standard InChI is InChI=1S/C15H23N3O3S/c1-12(19)18-13-3-5-14(6-4-13)22(20,21)17-11-15(2)7-9-16-10-8-15/h3-6,16-17H,7-11H2,1-2H3,(H,18,19). The molecule has 1 fully saturated rings. The molecule has 0 spiro atoms. The number of carbonyl (C=O) groups excluding carboxylic acids is 1. The van der Waals surface area contributed by atoms with Crippen molar-refractivity contribution >= 4 is 21.6 Å². The maximum absolute atomic E-state index is 12.3. The summed E-state index contributed by atoms with van der Waals surface area (Å²) in [6.45, 7) is 5.79. The summed E-state index contributed by atoms with van der Waals surface area (Å²) in [4.78, 5) is 11.2. The van der Waals surface area contributed by atoms with Gasteiger partial charge < -0.3 is 10.6 Å². The molecule has 0 aliphatic carbocycles. The molecule has 2 rings (SSSR count). The smallest absolute Gasteiger partial charge is 0.240 e. The molecule has 1 saturated heterocycles. The molecule has 0 bridgehead atoms. The lowest BCUT2D eigenvalue weighted by atomic mass is 9.81. The van der Waals surface area contributed by atoms with Crippen LogP contribution in [0.4, 0.5) is 5.69 Å². The third-order valence-corrected chi connectivity index (χ3v) is 5.40. The minimum Gasteiger partial charge on any atom is -0.326 e. The molecule has 6 nitrogen and oxygen atoms in total. The van der Waals surface area contributed by atoms with Crippen LogP contribution in [0.5, 0.6) is 0 Å². The molecule has 0 saturated carbocycles. The van der Waals surface area contributed by atoms with Gasteiger partial charge in [-0.15, -0.1) is 0 Å². The van der Waals surface area contributed by atoms with E-state index in [1.54, 1.807) is 12.1 Å². The summed E-state index contributed by atoms with van der Waals surface area (Å²) in [7, 11) is -3.53. The second-order valence-corrected chi connectivity index (χ2v) is 7.86. The topological polar surface area (TPSA) is 87.3 Å². The van der Waals surface area contributed by atoms with Crippen molar-refractivity contribution in [1.29, 1.82) is 0 Å². The SMILES string of the molecule is CC(=O)Nc1ccc(S(=O)(=O)NCC2(C)CCNCC2)cc1. The number of benzene rings is 1. The predicted octanol–water partition coefficient (Wildman–Crippen LogP) is 1.31. The van der Waals surface area contributed by atoms with Gasteiger partial charge in [0.05, 0.1) is 4.90 Å². The summed E-state index contributed by atoms with van der Waals surface area (Å²) in [6, 6.07) is 6.17. The Morgan fingerprint density at radius 3 is 2.36 bits per heavy atom. The van der Waals surface area contributed by atoms with Gasteiger partial charge in [0.25, 0.3) is 0 Å². The second kappa shape index (κ2) is 6.76. The molecule has 1 aliphatic heterocycles. The summed E-state index contributed by atoms with van der Waals surface area (Å²) < 4.78 is 27.4. The van der Waals surface area contributed by atoms with Crippen LogP contribution < -0.4 is 15.4 Å². The Kier molecular flexibility index (Phi) is 5.20. The first-order valence-electron chi connectivity index (χ1n) is 7.39. The van der Waals surface area contributed by atoms with Gasteiger partial charge in [0, 0.05) is 19.2 Å². The molecule has 0 unspecified atom stereocenters. The van der Waals surface area contributed by atoms with Crippen molar-refractivity contribution in [3.63, 3.8) is 0 Å². The van der Waals surface area contributed by atoms with E-state index in [2.05, 4.69) is 22.3 Å². The Morgan fingerprint density at radius 2 is 1.82 bits per heavy atom. The maximum atomic E-state index is 12.3. The lowest BCUT2D eigenvalue weighted by Crippen LogP contribution is -2.42. The monoisotopic (exact) mass is 325 g/mol. The normalized spacial score (nSPS) is 17.9. The third-order valence-electron chi connectivity index (χ3n) is 3.98. The van der Waals surface area contributed by atoms with E-state index in [4.69, 9.17) is 0 Å². The predicted molar refractivity (Wildman–Crippen MR) is 86.1 cm³/mol. The largest absolute Gasteiger partial charge is 0.326 e. The van der Waals surface area contributed by atoms with E-state index in [9.17, 15) is 13.2 Å². The molecule has 0 aromatic heterocycles. The molecule has 1 aromatic carbocycles. The molecule has 7 heteroatoms. The summed E-state index contributed by atoms with van der Waals surface area (Å²) in [6.07, 6.45) is 1.91. The van der Waals surface area contributed by atoms with Crippen LogP contribution in [-0.4, -0.2) is 34.0 Å². The van der Waals surface area contributed by atoms with Gasteiger partial charge in [0.15, 0.2) is 0 Å². The van der Waals surface area contributed by atoms with Crippen molar-refractivity contribution in [3.8, 4) is 0 Å². The third kappa shape index (κ3) is 4.53. The van der Waals surface area contributed by atoms with Crippen molar-refractivity contribution < 1.29 is 13.2 Å². The summed E-state index contributed by atoms with van der Waals surface area (Å²) in [5, 5.41) is 5.89. The highest BCUT2D eigenvalue weighted by Gasteiger charge is 2.28. The zero-order valence-electron chi connectivity index (χ0n) is 13.0. The number of hydrogen-bond acceptors (Lipinski definition) is 4. The fourth-order valence-corrected chi connectivity index (χ4v) is 3.68. The highest BCUT2D eigenvalue weighted by molar-refractivity contribution is 7.89. The number of amides is 1. The summed E-state index contributed by atoms with van der Waals surface area (Å²) >= 11 is 0. The molecule has 22 heavy (non-hydrogen) atoms. The fraction of sp³-hybridized carbons (Fsp3) is 0.533. The second-order valence-electron chi connectivity index (χ2n) is 6.09. The number of anilines is 1. The van der Waals surface area contributed by atoms with Gasteiger partial charge in [-0.1, -0.05) is 6.92 Å². The first-order valence-corrected chi connectivity index (χ1v) is 8.87. The molecule has 1 amide bonds. The molecule has 1 aliphatic rings. The van der Waals surface area contributed by atoms with Crippen LogP contribution in [0.3, 0.4) is 0 Å². The Hall–Kier alpha value is -1.44. The van der Waals surface area contributed by atoms with Crippen molar-refractivity contribution in [2.24, 2.45) is 5.41 Å². The van der Waals surface area contributed by atoms with Crippen LogP contribution in [0.25, 0.3) is 0 Å². The number of carbonyl (C=O) groups is 1. The van der Waals surface area contributed by atoms with Gasteiger partial charge in [-0.2, -0.15) is 0 Å². The average molecular weight is 325 g/mol. The summed E-state index contributed by atoms with van der Waals surface area (Å²) in [5.74, 6) is -0.187. The molecule has 122 valence electrons. The van der Waals surface area contributed by atoms with Gasteiger partial charge in [-0.05, 0) is 55.6 Å². The fourth-order valence-electron chi connectivity index (χ4n) is 2.48. The molecule has 0 radical (unpaired) electrons. The van der Waals surface area contributed by atoms with E-state index >= 15 is 0 Å². The highest BCUT2D eigenvalue weighted by Crippen LogP contribution is 2.27. The minimum atomic E-state index is -3.53. The van der Waals surface area contributed by atoms with E-state index in [0.717, 1.165) is 25.9 Å². The van der Waals surface area contributed by atoms with Gasteiger partial charge >= 0.3 is 0 Å². The van der Waals surface area contributed by atoms with Crippen molar-refractivity contribution in [1.82, 2.24) is 10.0 Å². The van der Waals surface area contributed by atoms with Crippen LogP contribution in [0, 0.1) is 5.41 Å². The summed E-state index contributed by atoms with van der Waals surface area (Å²) in [5.41, 5.74) is 0.575. The highest BCUT2D eigenvalue weighted by atomic mass is 32.2. The first kappa shape index (κ1) is 16.9. The number of piperidine rings is 1. The molecule has 0 atom stereocenters. The Bertz CT molecular complexity index is 620. The van der Waals surface area contributed by atoms with Crippen LogP contribution in [0.15, 0.2) is 29.2 Å². The quantitative estimate of drug-likeness (QED) is 0.762. The maximum Gasteiger partial charge on any atom is 0.240 e. The van der Waals surface area contributed by atoms with E-state index in [1.807, 2.05) is 0 Å². The van der Waals surface area contributed by atoms with E-state index < -0.39 is 10.0 Å². The number of hydrogen-bond donors (Lipinski definition) is 3. The van der Waals surface area contributed by atoms with E-state index in [-0.39, 0.29) is 16.2 Å². The van der Waals surface area contributed by atoms with Crippen molar-refractivity contribution in [3.05, 3.63) is 24.3 Å². The van der Waals surface area contributed by atoms with Crippen LogP contribution in [0.1, 0.15) is 26.7 Å². The van der Waals surface area contributed by atoms with E-state index in [0.29, 0.717) is 12.2 Å². The number of rotatable bonds is 5. The van der Waals surface area contributed by atoms with E-state index in [1.165, 1.54) is 19.1 Å². The van der Waals surface area contributed by atoms with Crippen LogP contribution >= 0.6 is 0 Å². The lowest BCUT2D eigenvalue weighted by Gasteiger charge is -2.34. The average Bonchev–Trinajstić information content (AvgIpc) is 2.46. The van der Waals surface area contributed by atoms with Crippen LogP contribution in [-0.2, 0) is 14.8 Å². The minimum absolute atomic E-state index is 0.00551. The van der Waals surface area contributed by atoms with Crippen LogP contribution in [0.2, 0.25) is 0 Å². The Balaban J connectivity index is 2.02. The molecule has 3 N–H and O–H groups in total. The molecule has 1 aromatic rings. The molecular formula is C15H23N3O3S. The Labute approximate surface area is 131 Å². The van der Waals surface area contributed by atoms with Gasteiger partial charge in [-0.3, -0.25) is 4.79 Å². The number of nitrogens with one attached hydrogen (secondary N) is 3. The Morgan fingerprint density at radius 1 is 1.23 bits per heavy atom. The molecular weight excluding hydrogens is 302 g/mol. The van der Waals surface area contributed by atoms with Crippen molar-refractivity contribution in [2.75, 3.05) is 25.0 Å². The molecule has 1 heterocycles. The van der Waals surface area contributed by atoms with Gasteiger partial charge in [0.1, 0.15) is 0 Å². The van der Waals surface area contributed by atoms with Gasteiger partial charge in [-0.25, -0.2) is 13.1 Å². The lowest BCUT2D eigenvalue weighted by molar-refractivity contribution is -0.114. The number of sulfonamides is 1. The zero-order valence-corrected chi connectivity index (χ0v) is 13.8. The van der Waals surface area contributed by atoms with Gasteiger partial charge in [0.2, 0.25) is 15.9 Å². The first-order chi connectivity index (χ1) is 10.3.